The first-order valence-electron chi connectivity index (χ1n) is 6.47. The maximum Gasteiger partial charge on any atom is 0.123 e. The van der Waals surface area contributed by atoms with Gasteiger partial charge < -0.3 is 0 Å². The average Bonchev–Trinajstić information content (AvgIpc) is 2.42. The van der Waals surface area contributed by atoms with Crippen LogP contribution >= 0.6 is 0 Å². The van der Waals surface area contributed by atoms with Crippen LogP contribution in [0.1, 0.15) is 35.2 Å². The van der Waals surface area contributed by atoms with E-state index in [9.17, 15) is 4.39 Å². The summed E-state index contributed by atoms with van der Waals surface area (Å²) in [6, 6.07) is 12.9. The van der Waals surface area contributed by atoms with E-state index < -0.39 is 0 Å². The van der Waals surface area contributed by atoms with Gasteiger partial charge in [0.15, 0.2) is 0 Å². The van der Waals surface area contributed by atoms with Crippen LogP contribution in [0.5, 0.6) is 0 Å². The van der Waals surface area contributed by atoms with Crippen LogP contribution < -0.4 is 11.3 Å². The Morgan fingerprint density at radius 1 is 1.16 bits per heavy atom. The van der Waals surface area contributed by atoms with Crippen molar-refractivity contribution in [3.05, 3.63) is 70.5 Å². The predicted octanol–water partition coefficient (Wildman–Crippen LogP) is 3.25. The summed E-state index contributed by atoms with van der Waals surface area (Å²) >= 11 is 0. The molecule has 3 N–H and O–H groups in total. The van der Waals surface area contributed by atoms with E-state index >= 15 is 0 Å². The molecule has 1 unspecified atom stereocenters. The topological polar surface area (TPSA) is 38.0 Å². The molecule has 2 rings (SSSR count). The zero-order chi connectivity index (χ0) is 13.8. The first-order chi connectivity index (χ1) is 9.17. The Morgan fingerprint density at radius 2 is 1.89 bits per heavy atom. The van der Waals surface area contributed by atoms with Crippen LogP contribution in [-0.2, 0) is 6.42 Å². The molecular formula is C16H19FN2. The molecule has 0 saturated heterocycles. The molecular weight excluding hydrogens is 239 g/mol. The van der Waals surface area contributed by atoms with Gasteiger partial charge in [0.2, 0.25) is 0 Å². The number of rotatable bonds is 4. The Labute approximate surface area is 113 Å². The molecule has 0 aliphatic heterocycles. The standard InChI is InChI=1S/C16H19FN2/c1-3-12-6-4-5-7-15(12)16(19-18)14-9-8-13(17)10-11(14)2/h4-10,16,19H,3,18H2,1-2H3. The summed E-state index contributed by atoms with van der Waals surface area (Å²) in [7, 11) is 0. The number of nitrogens with two attached hydrogens (primary N) is 1. The summed E-state index contributed by atoms with van der Waals surface area (Å²) in [6.07, 6.45) is 0.939. The van der Waals surface area contributed by atoms with E-state index in [0.717, 1.165) is 23.1 Å². The predicted molar refractivity (Wildman–Crippen MR) is 76.1 cm³/mol. The van der Waals surface area contributed by atoms with Crippen molar-refractivity contribution < 1.29 is 4.39 Å². The summed E-state index contributed by atoms with van der Waals surface area (Å²) < 4.78 is 13.2. The van der Waals surface area contributed by atoms with Gasteiger partial charge in [-0.2, -0.15) is 0 Å². The van der Waals surface area contributed by atoms with Crippen LogP contribution in [0.4, 0.5) is 4.39 Å². The fraction of sp³-hybridized carbons (Fsp3) is 0.250. The molecule has 2 aromatic carbocycles. The minimum atomic E-state index is -0.221. The van der Waals surface area contributed by atoms with Crippen LogP contribution in [0.25, 0.3) is 0 Å². The Hall–Kier alpha value is -1.71. The van der Waals surface area contributed by atoms with Crippen molar-refractivity contribution in [2.24, 2.45) is 5.84 Å². The van der Waals surface area contributed by atoms with E-state index in [0.29, 0.717) is 0 Å². The Morgan fingerprint density at radius 3 is 2.53 bits per heavy atom. The molecule has 2 aromatic rings. The number of hydrogen-bond acceptors (Lipinski definition) is 2. The zero-order valence-electron chi connectivity index (χ0n) is 11.3. The van der Waals surface area contributed by atoms with Gasteiger partial charge >= 0.3 is 0 Å². The molecule has 0 spiro atoms. The molecule has 0 fully saturated rings. The van der Waals surface area contributed by atoms with Crippen LogP contribution in [-0.4, -0.2) is 0 Å². The van der Waals surface area contributed by atoms with Gasteiger partial charge in [-0.1, -0.05) is 37.3 Å². The first kappa shape index (κ1) is 13.7. The molecule has 0 aromatic heterocycles. The normalized spacial score (nSPS) is 12.4. The third kappa shape index (κ3) is 2.83. The minimum absolute atomic E-state index is 0.114. The van der Waals surface area contributed by atoms with Crippen LogP contribution in [0.15, 0.2) is 42.5 Å². The van der Waals surface area contributed by atoms with Crippen molar-refractivity contribution in [1.82, 2.24) is 5.43 Å². The van der Waals surface area contributed by atoms with E-state index in [-0.39, 0.29) is 11.9 Å². The van der Waals surface area contributed by atoms with Crippen LogP contribution in [0.2, 0.25) is 0 Å². The Kier molecular flexibility index (Phi) is 4.30. The molecule has 1 atom stereocenters. The van der Waals surface area contributed by atoms with Gasteiger partial charge in [-0.15, -0.1) is 0 Å². The van der Waals surface area contributed by atoms with Crippen molar-refractivity contribution in [3.63, 3.8) is 0 Å². The second kappa shape index (κ2) is 5.95. The molecule has 2 nitrogen and oxygen atoms in total. The van der Waals surface area contributed by atoms with E-state index in [1.807, 2.05) is 19.1 Å². The van der Waals surface area contributed by atoms with E-state index in [4.69, 9.17) is 5.84 Å². The summed E-state index contributed by atoms with van der Waals surface area (Å²) in [5.41, 5.74) is 7.13. The average molecular weight is 258 g/mol. The van der Waals surface area contributed by atoms with Gasteiger partial charge in [-0.05, 0) is 47.7 Å². The van der Waals surface area contributed by atoms with E-state index in [1.54, 1.807) is 6.07 Å². The summed E-state index contributed by atoms with van der Waals surface area (Å²) in [5.74, 6) is 5.50. The lowest BCUT2D eigenvalue weighted by atomic mass is 9.91. The van der Waals surface area contributed by atoms with Crippen LogP contribution in [0.3, 0.4) is 0 Å². The molecule has 3 heteroatoms. The van der Waals surface area contributed by atoms with E-state index in [1.165, 1.54) is 17.7 Å². The second-order valence-corrected chi connectivity index (χ2v) is 4.65. The lowest BCUT2D eigenvalue weighted by Crippen LogP contribution is -2.30. The molecule has 19 heavy (non-hydrogen) atoms. The summed E-state index contributed by atoms with van der Waals surface area (Å²) in [4.78, 5) is 0. The van der Waals surface area contributed by atoms with Crippen LogP contribution in [0, 0.1) is 12.7 Å². The van der Waals surface area contributed by atoms with Gasteiger partial charge in [-0.25, -0.2) is 9.82 Å². The second-order valence-electron chi connectivity index (χ2n) is 4.65. The molecule has 0 bridgehead atoms. The maximum atomic E-state index is 13.2. The fourth-order valence-corrected chi connectivity index (χ4v) is 2.45. The summed E-state index contributed by atoms with van der Waals surface area (Å²) in [5, 5.41) is 0. The highest BCUT2D eigenvalue weighted by Crippen LogP contribution is 2.27. The highest BCUT2D eigenvalue weighted by Gasteiger charge is 2.17. The number of hydrogen-bond donors (Lipinski definition) is 2. The number of aryl methyl sites for hydroxylation is 2. The quantitative estimate of drug-likeness (QED) is 0.652. The number of hydrazine groups is 1. The number of halogens is 1. The zero-order valence-corrected chi connectivity index (χ0v) is 11.3. The van der Waals surface area contributed by atoms with Gasteiger partial charge in [0.25, 0.3) is 0 Å². The molecule has 0 aliphatic rings. The van der Waals surface area contributed by atoms with Gasteiger partial charge in [0, 0.05) is 0 Å². The lowest BCUT2D eigenvalue weighted by molar-refractivity contribution is 0.610. The highest BCUT2D eigenvalue weighted by atomic mass is 19.1. The molecule has 100 valence electrons. The molecule has 0 aliphatic carbocycles. The highest BCUT2D eigenvalue weighted by molar-refractivity contribution is 5.40. The smallest absolute Gasteiger partial charge is 0.123 e. The van der Waals surface area contributed by atoms with E-state index in [2.05, 4.69) is 24.5 Å². The first-order valence-corrected chi connectivity index (χ1v) is 6.47. The maximum absolute atomic E-state index is 13.2. The summed E-state index contributed by atoms with van der Waals surface area (Å²) in [6.45, 7) is 4.02. The number of benzene rings is 2. The van der Waals surface area contributed by atoms with Gasteiger partial charge in [0.1, 0.15) is 5.82 Å². The third-order valence-electron chi connectivity index (χ3n) is 3.46. The SMILES string of the molecule is CCc1ccccc1C(NN)c1ccc(F)cc1C. The molecule has 0 amide bonds. The number of nitrogens with one attached hydrogen (secondary N) is 1. The molecule has 0 saturated carbocycles. The van der Waals surface area contributed by atoms with Crippen molar-refractivity contribution in [2.75, 3.05) is 0 Å². The van der Waals surface area contributed by atoms with Gasteiger partial charge in [0.05, 0.1) is 6.04 Å². The van der Waals surface area contributed by atoms with Crippen molar-refractivity contribution >= 4 is 0 Å². The van der Waals surface area contributed by atoms with Crippen molar-refractivity contribution in [3.8, 4) is 0 Å². The monoisotopic (exact) mass is 258 g/mol. The molecule has 0 radical (unpaired) electrons. The largest absolute Gasteiger partial charge is 0.271 e. The fourth-order valence-electron chi connectivity index (χ4n) is 2.45. The molecule has 0 heterocycles. The third-order valence-corrected chi connectivity index (χ3v) is 3.46. The Balaban J connectivity index is 2.50. The minimum Gasteiger partial charge on any atom is -0.271 e. The Bertz CT molecular complexity index is 566. The van der Waals surface area contributed by atoms with Gasteiger partial charge in [-0.3, -0.25) is 5.84 Å². The van der Waals surface area contributed by atoms with Crippen molar-refractivity contribution in [1.29, 1.82) is 0 Å². The lowest BCUT2D eigenvalue weighted by Gasteiger charge is -2.21. The van der Waals surface area contributed by atoms with Crippen molar-refractivity contribution in [2.45, 2.75) is 26.3 Å².